The first kappa shape index (κ1) is 22.7. The molecule has 0 aliphatic heterocycles. The van der Waals surface area contributed by atoms with E-state index in [2.05, 4.69) is 143 Å². The van der Waals surface area contributed by atoms with E-state index in [0.29, 0.717) is 0 Å². The van der Waals surface area contributed by atoms with Crippen LogP contribution in [0.5, 0.6) is 0 Å². The first-order valence-corrected chi connectivity index (χ1v) is 13.6. The Bertz CT molecular complexity index is 1780. The normalized spacial score (nSPS) is 14.1. The van der Waals surface area contributed by atoms with Crippen LogP contribution in [0.15, 0.2) is 118 Å². The Morgan fingerprint density at radius 2 is 1.11 bits per heavy atom. The first-order chi connectivity index (χ1) is 17.9. The molecule has 6 aromatic rings. The minimum atomic E-state index is -0.241. The lowest BCUT2D eigenvalue weighted by molar-refractivity contribution is 0.640. The molecule has 1 aliphatic carbocycles. The van der Waals surface area contributed by atoms with Crippen molar-refractivity contribution in [3.05, 3.63) is 130 Å². The molecule has 7 rings (SSSR count). The fourth-order valence-corrected chi connectivity index (χ4v) is 7.15. The van der Waals surface area contributed by atoms with Crippen molar-refractivity contribution in [1.29, 1.82) is 0 Å². The molecular formula is C32H24B3BrO. The Hall–Kier alpha value is -3.43. The number of benzene rings is 5. The Morgan fingerprint density at radius 1 is 0.568 bits per heavy atom. The summed E-state index contributed by atoms with van der Waals surface area (Å²) < 4.78 is 7.40. The lowest BCUT2D eigenvalue weighted by atomic mass is 9.30. The number of para-hydroxylation sites is 2. The van der Waals surface area contributed by atoms with E-state index in [1.165, 1.54) is 27.8 Å². The Kier molecular flexibility index (Phi) is 4.94. The number of fused-ring (bicyclic) bond motifs is 6. The van der Waals surface area contributed by atoms with Crippen LogP contribution < -0.4 is 0 Å². The maximum absolute atomic E-state index is 6.42. The van der Waals surface area contributed by atoms with Gasteiger partial charge in [0.2, 0.25) is 0 Å². The highest BCUT2D eigenvalue weighted by Gasteiger charge is 2.51. The van der Waals surface area contributed by atoms with Gasteiger partial charge in [-0.1, -0.05) is 108 Å². The Balaban J connectivity index is 1.45. The van der Waals surface area contributed by atoms with Crippen LogP contribution in [-0.4, -0.2) is 23.5 Å². The van der Waals surface area contributed by atoms with Crippen LogP contribution in [-0.2, 0) is 5.41 Å². The second-order valence-electron chi connectivity index (χ2n) is 11.1. The van der Waals surface area contributed by atoms with Crippen molar-refractivity contribution in [3.63, 3.8) is 0 Å². The second kappa shape index (κ2) is 8.04. The van der Waals surface area contributed by atoms with Gasteiger partial charge < -0.3 is 4.42 Å². The number of hydrogen-bond acceptors (Lipinski definition) is 1. The third-order valence-electron chi connectivity index (χ3n) is 8.18. The van der Waals surface area contributed by atoms with Crippen molar-refractivity contribution in [2.45, 2.75) is 10.5 Å². The fourth-order valence-electron chi connectivity index (χ4n) is 6.70. The van der Waals surface area contributed by atoms with Crippen molar-refractivity contribution in [2.24, 2.45) is 0 Å². The molecule has 0 amide bonds. The molecule has 5 heteroatoms. The molecular weight excluding hydrogens is 513 g/mol. The minimum Gasteiger partial charge on any atom is -0.454 e. The summed E-state index contributed by atoms with van der Waals surface area (Å²) in [4.78, 5) is 0. The lowest BCUT2D eigenvalue weighted by Gasteiger charge is -2.45. The molecule has 37 heavy (non-hydrogen) atoms. The van der Waals surface area contributed by atoms with E-state index in [9.17, 15) is 0 Å². The summed E-state index contributed by atoms with van der Waals surface area (Å²) >= 11 is 3.66. The highest BCUT2D eigenvalue weighted by atomic mass is 79.9. The average Bonchev–Trinajstić information content (AvgIpc) is 3.44. The van der Waals surface area contributed by atoms with Crippen molar-refractivity contribution in [2.75, 3.05) is 0 Å². The van der Waals surface area contributed by atoms with Gasteiger partial charge in [-0.3, -0.25) is 0 Å². The Morgan fingerprint density at radius 3 is 1.73 bits per heavy atom. The van der Waals surface area contributed by atoms with E-state index < -0.39 is 0 Å². The summed E-state index contributed by atoms with van der Waals surface area (Å²) in [7, 11) is 7.10. The van der Waals surface area contributed by atoms with Gasteiger partial charge in [0, 0.05) is 21.8 Å². The predicted molar refractivity (Wildman–Crippen MR) is 167 cm³/mol. The van der Waals surface area contributed by atoms with Crippen LogP contribution in [0.25, 0.3) is 44.2 Å². The van der Waals surface area contributed by atoms with Gasteiger partial charge in [-0.05, 0) is 55.4 Å². The van der Waals surface area contributed by atoms with Crippen molar-refractivity contribution < 1.29 is 4.42 Å². The van der Waals surface area contributed by atoms with Crippen LogP contribution in [0.2, 0.25) is 5.11 Å². The highest BCUT2D eigenvalue weighted by Crippen LogP contribution is 2.60. The summed E-state index contributed by atoms with van der Waals surface area (Å²) in [5, 5.41) is 2.23. The average molecular weight is 537 g/mol. The zero-order chi connectivity index (χ0) is 25.4. The van der Waals surface area contributed by atoms with E-state index in [4.69, 9.17) is 4.42 Å². The van der Waals surface area contributed by atoms with Gasteiger partial charge in [0.25, 0.3) is 0 Å². The van der Waals surface area contributed by atoms with Crippen LogP contribution >= 0.6 is 15.9 Å². The largest absolute Gasteiger partial charge is 0.454 e. The van der Waals surface area contributed by atoms with Crippen molar-refractivity contribution in [3.8, 4) is 22.3 Å². The van der Waals surface area contributed by atoms with Crippen LogP contribution in [0, 0.1) is 0 Å². The van der Waals surface area contributed by atoms with E-state index in [1.54, 1.807) is 0 Å². The molecule has 0 atom stereocenters. The molecule has 0 fully saturated rings. The summed E-state index contributed by atoms with van der Waals surface area (Å²) in [6.45, 7) is 0. The first-order valence-electron chi connectivity index (χ1n) is 12.8. The predicted octanol–water partition coefficient (Wildman–Crippen LogP) is 6.30. The Labute approximate surface area is 228 Å². The SMILES string of the molecule is BC(B)(B)C1(c2ccc(-c3cccc4c3oc3c(Br)cccc34)cc2)c2ccccc2-c2ccccc21. The van der Waals surface area contributed by atoms with Gasteiger partial charge in [-0.25, -0.2) is 0 Å². The van der Waals surface area contributed by atoms with Gasteiger partial charge >= 0.3 is 0 Å². The highest BCUT2D eigenvalue weighted by molar-refractivity contribution is 9.10. The maximum Gasteiger partial charge on any atom is 0.149 e. The molecule has 0 radical (unpaired) electrons. The standard InChI is InChI=1S/C32H24B3BrO/c33-32(34,35)31(26-12-3-1-7-22(26)23-8-2-4-13-27(23)31)20-17-15-19(16-18-20)21-9-5-10-24-25-11-6-14-28(36)30(25)37-29(21)24/h1-18H,33-35H2. The summed E-state index contributed by atoms with van der Waals surface area (Å²) in [6, 6.07) is 39.7. The smallest absolute Gasteiger partial charge is 0.149 e. The molecule has 5 aromatic carbocycles. The molecule has 174 valence electrons. The molecule has 0 bridgehead atoms. The minimum absolute atomic E-state index is 0.0394. The van der Waals surface area contributed by atoms with Crippen molar-refractivity contribution >= 4 is 61.4 Å². The van der Waals surface area contributed by atoms with Gasteiger partial charge in [0.05, 0.1) is 28.0 Å². The number of rotatable bonds is 3. The molecule has 0 unspecified atom stereocenters. The van der Waals surface area contributed by atoms with Crippen LogP contribution in [0.1, 0.15) is 16.7 Å². The molecule has 0 saturated heterocycles. The molecule has 1 aromatic heterocycles. The molecule has 1 nitrogen and oxygen atoms in total. The van der Waals surface area contributed by atoms with E-state index in [0.717, 1.165) is 37.5 Å². The molecule has 0 N–H and O–H groups in total. The molecule has 1 aliphatic rings. The van der Waals surface area contributed by atoms with Crippen LogP contribution in [0.3, 0.4) is 0 Å². The third-order valence-corrected chi connectivity index (χ3v) is 8.81. The van der Waals surface area contributed by atoms with E-state index in [-0.39, 0.29) is 10.5 Å². The maximum atomic E-state index is 6.42. The second-order valence-corrected chi connectivity index (χ2v) is 11.9. The monoisotopic (exact) mass is 536 g/mol. The lowest BCUT2D eigenvalue weighted by Crippen LogP contribution is -2.42. The van der Waals surface area contributed by atoms with Crippen molar-refractivity contribution in [1.82, 2.24) is 0 Å². The zero-order valence-electron chi connectivity index (χ0n) is 21.2. The summed E-state index contributed by atoms with van der Waals surface area (Å²) in [5.74, 6) is 0. The van der Waals surface area contributed by atoms with Gasteiger partial charge in [-0.2, -0.15) is 0 Å². The summed E-state index contributed by atoms with van der Waals surface area (Å²) in [5.41, 5.74) is 10.6. The zero-order valence-corrected chi connectivity index (χ0v) is 22.8. The number of hydrogen-bond donors (Lipinski definition) is 0. The molecule has 1 heterocycles. The van der Waals surface area contributed by atoms with Gasteiger partial charge in [0.1, 0.15) is 11.2 Å². The summed E-state index contributed by atoms with van der Waals surface area (Å²) in [6.07, 6.45) is 0. The van der Waals surface area contributed by atoms with E-state index >= 15 is 0 Å². The number of halogens is 1. The molecule has 0 spiro atoms. The van der Waals surface area contributed by atoms with Crippen LogP contribution in [0.4, 0.5) is 0 Å². The van der Waals surface area contributed by atoms with Gasteiger partial charge in [0.15, 0.2) is 0 Å². The quantitative estimate of drug-likeness (QED) is 0.242. The number of furan rings is 1. The van der Waals surface area contributed by atoms with Gasteiger partial charge in [-0.15, -0.1) is 0 Å². The topological polar surface area (TPSA) is 13.1 Å². The molecule has 0 saturated carbocycles. The third kappa shape index (κ3) is 3.07. The fraction of sp³-hybridized carbons (Fsp3) is 0.0625. The van der Waals surface area contributed by atoms with E-state index in [1.807, 2.05) is 6.07 Å².